The van der Waals surface area contributed by atoms with Gasteiger partial charge >= 0.3 is 0 Å². The largest absolute Gasteiger partial charge is 0.274 e. The van der Waals surface area contributed by atoms with Crippen LogP contribution in [0.1, 0.15) is 0 Å². The Hall–Kier alpha value is -3.14. The second-order valence-electron chi connectivity index (χ2n) is 8.09. The van der Waals surface area contributed by atoms with Gasteiger partial charge in [0.2, 0.25) is 0 Å². The molecule has 0 radical (unpaired) electrons. The molecule has 5 aromatic heterocycles. The van der Waals surface area contributed by atoms with Gasteiger partial charge in [-0.25, -0.2) is 9.97 Å². The number of pyridine rings is 2. The Morgan fingerprint density at radius 2 is 1.12 bits per heavy atom. The Kier molecular flexibility index (Phi) is 3.25. The smallest absolute Gasteiger partial charge is 0.267 e. The summed E-state index contributed by atoms with van der Waals surface area (Å²) >= 11 is 8.25. The van der Waals surface area contributed by atoms with Crippen LogP contribution in [-0.4, -0.2) is 18.8 Å². The molecule has 6 nitrogen and oxygen atoms in total. The molecule has 0 saturated heterocycles. The molecular weight excluding hydrogens is 568 g/mol. The predicted octanol–water partition coefficient (Wildman–Crippen LogP) is 5.93. The van der Waals surface area contributed by atoms with E-state index < -0.39 is 0 Å². The first-order valence-corrected chi connectivity index (χ1v) is 12.5. The number of thiophene rings is 1. The van der Waals surface area contributed by atoms with Gasteiger partial charge in [0, 0.05) is 30.5 Å². The first-order chi connectivity index (χ1) is 16.0. The second kappa shape index (κ2) is 5.85. The van der Waals surface area contributed by atoms with E-state index in [4.69, 9.17) is 9.97 Å². The topological polar surface area (TPSA) is 68.7 Å². The second-order valence-corrected chi connectivity index (χ2v) is 10.9. The molecule has 33 heavy (non-hydrogen) atoms. The van der Waals surface area contributed by atoms with Gasteiger partial charge in [-0.2, -0.15) is 0 Å². The highest BCUT2D eigenvalue weighted by molar-refractivity contribution is 9.10. The van der Waals surface area contributed by atoms with Crippen LogP contribution in [-0.2, 0) is 0 Å². The fourth-order valence-corrected chi connectivity index (χ4v) is 6.91. The highest BCUT2D eigenvalue weighted by Crippen LogP contribution is 2.41. The SMILES string of the molecule is O=c1c2sc3c(=O)n4c5cc(Br)ccc5nc4c4ccc(c2c34)c2nc3ccc(Br)cc3n12. The lowest BCUT2D eigenvalue weighted by Gasteiger charge is -2.05. The van der Waals surface area contributed by atoms with Gasteiger partial charge in [0.05, 0.1) is 22.1 Å². The van der Waals surface area contributed by atoms with E-state index in [0.29, 0.717) is 20.7 Å². The number of halogens is 2. The molecule has 0 unspecified atom stereocenters. The number of nitrogens with zero attached hydrogens (tertiary/aromatic N) is 4. The van der Waals surface area contributed by atoms with E-state index in [2.05, 4.69) is 31.9 Å². The molecule has 8 rings (SSSR count). The first-order valence-electron chi connectivity index (χ1n) is 10.1. The van der Waals surface area contributed by atoms with E-state index >= 15 is 0 Å². The van der Waals surface area contributed by atoms with Crippen molar-refractivity contribution in [2.45, 2.75) is 0 Å². The molecule has 9 heteroatoms. The van der Waals surface area contributed by atoms with Crippen LogP contribution in [0, 0.1) is 0 Å². The normalized spacial score (nSPS) is 12.8. The van der Waals surface area contributed by atoms with Crippen LogP contribution in [0.15, 0.2) is 67.1 Å². The molecule has 0 amide bonds. The van der Waals surface area contributed by atoms with Crippen LogP contribution >= 0.6 is 43.2 Å². The van der Waals surface area contributed by atoms with Gasteiger partial charge in [0.15, 0.2) is 0 Å². The zero-order valence-corrected chi connectivity index (χ0v) is 20.4. The monoisotopic (exact) mass is 574 g/mol. The summed E-state index contributed by atoms with van der Waals surface area (Å²) in [4.78, 5) is 36.9. The molecule has 5 heterocycles. The number of benzene rings is 3. The highest BCUT2D eigenvalue weighted by atomic mass is 79.9. The molecule has 0 bridgehead atoms. The number of hydrogen-bond donors (Lipinski definition) is 0. The summed E-state index contributed by atoms with van der Waals surface area (Å²) in [5.41, 5.74) is 3.89. The maximum absolute atomic E-state index is 13.7. The van der Waals surface area contributed by atoms with Crippen LogP contribution in [0.25, 0.3) is 64.3 Å². The third-order valence-electron chi connectivity index (χ3n) is 6.37. The van der Waals surface area contributed by atoms with Crippen LogP contribution in [0.5, 0.6) is 0 Å². The molecule has 0 atom stereocenters. The van der Waals surface area contributed by atoms with Gasteiger partial charge in [-0.3, -0.25) is 18.4 Å². The zero-order valence-electron chi connectivity index (χ0n) is 16.4. The lowest BCUT2D eigenvalue weighted by molar-refractivity contribution is 1.19. The minimum Gasteiger partial charge on any atom is -0.267 e. The third kappa shape index (κ3) is 2.09. The van der Waals surface area contributed by atoms with Crippen LogP contribution < -0.4 is 11.1 Å². The van der Waals surface area contributed by atoms with Crippen molar-refractivity contribution in [2.75, 3.05) is 0 Å². The van der Waals surface area contributed by atoms with Crippen LogP contribution in [0.4, 0.5) is 0 Å². The van der Waals surface area contributed by atoms with Crippen molar-refractivity contribution in [2.24, 2.45) is 0 Å². The molecule has 8 aromatic rings. The molecule has 0 aliphatic carbocycles. The van der Waals surface area contributed by atoms with Crippen molar-refractivity contribution in [1.29, 1.82) is 0 Å². The van der Waals surface area contributed by atoms with Gasteiger partial charge in [-0.15, -0.1) is 11.3 Å². The van der Waals surface area contributed by atoms with Crippen molar-refractivity contribution < 1.29 is 0 Å². The lowest BCUT2D eigenvalue weighted by atomic mass is 10.0. The van der Waals surface area contributed by atoms with Gasteiger partial charge < -0.3 is 0 Å². The fourth-order valence-electron chi connectivity index (χ4n) is 5.02. The Morgan fingerprint density at radius 3 is 1.58 bits per heavy atom. The molecular formula is C24H8Br2N4O2S. The van der Waals surface area contributed by atoms with Crippen LogP contribution in [0.3, 0.4) is 0 Å². The standard InChI is InChI=1S/C24H8Br2N4O2S/c25-9-1-5-13-15(7-9)29-21(27-13)11-3-4-12-18-17(11)19(23(29)31)33-20(18)24(32)30-16-8-10(26)2-6-14(16)28-22(12)30/h1-8H. The molecule has 0 fully saturated rings. The Labute approximate surface area is 203 Å². The van der Waals surface area contributed by atoms with E-state index in [-0.39, 0.29) is 11.1 Å². The third-order valence-corrected chi connectivity index (χ3v) is 8.53. The van der Waals surface area contributed by atoms with Crippen LogP contribution in [0.2, 0.25) is 0 Å². The molecule has 0 N–H and O–H groups in total. The Morgan fingerprint density at radius 1 is 0.667 bits per heavy atom. The summed E-state index contributed by atoms with van der Waals surface area (Å²) in [5.74, 6) is 0. The minimum atomic E-state index is -0.156. The zero-order chi connectivity index (χ0) is 22.2. The van der Waals surface area contributed by atoms with Gasteiger partial charge in [-0.1, -0.05) is 31.9 Å². The summed E-state index contributed by atoms with van der Waals surface area (Å²) in [6, 6.07) is 15.4. The highest BCUT2D eigenvalue weighted by Gasteiger charge is 2.24. The van der Waals surface area contributed by atoms with E-state index in [0.717, 1.165) is 52.6 Å². The first kappa shape index (κ1) is 18.3. The predicted molar refractivity (Wildman–Crippen MR) is 140 cm³/mol. The Balaban J connectivity index is 1.69. The number of fused-ring (bicyclic) bond motifs is 8. The van der Waals surface area contributed by atoms with E-state index in [1.165, 1.54) is 11.3 Å². The minimum absolute atomic E-state index is 0.156. The summed E-state index contributed by atoms with van der Waals surface area (Å²) in [5, 5.41) is 3.32. The lowest BCUT2D eigenvalue weighted by Crippen LogP contribution is -2.12. The van der Waals surface area contributed by atoms with Gasteiger partial charge in [-0.05, 0) is 48.5 Å². The van der Waals surface area contributed by atoms with Crippen molar-refractivity contribution in [3.63, 3.8) is 0 Å². The van der Waals surface area contributed by atoms with Gasteiger partial charge in [0.1, 0.15) is 20.7 Å². The maximum atomic E-state index is 13.7. The molecule has 3 aromatic carbocycles. The summed E-state index contributed by atoms with van der Waals surface area (Å²) in [7, 11) is 0. The molecule has 156 valence electrons. The summed E-state index contributed by atoms with van der Waals surface area (Å²) in [6.45, 7) is 0. The van der Waals surface area contributed by atoms with Crippen molar-refractivity contribution in [3.05, 3.63) is 78.2 Å². The quantitative estimate of drug-likeness (QED) is 0.210. The molecule has 0 saturated carbocycles. The maximum Gasteiger partial charge on any atom is 0.274 e. The van der Waals surface area contributed by atoms with E-state index in [9.17, 15) is 9.59 Å². The number of hydrogen-bond acceptors (Lipinski definition) is 5. The number of imidazole rings is 2. The molecule has 0 spiro atoms. The average molecular weight is 576 g/mol. The summed E-state index contributed by atoms with van der Waals surface area (Å²) in [6.07, 6.45) is 0. The fraction of sp³-hybridized carbons (Fsp3) is 0. The van der Waals surface area contributed by atoms with Crippen molar-refractivity contribution in [1.82, 2.24) is 18.8 Å². The van der Waals surface area contributed by atoms with Gasteiger partial charge in [0.25, 0.3) is 11.1 Å². The molecule has 0 aliphatic heterocycles. The Bertz CT molecular complexity index is 2110. The van der Waals surface area contributed by atoms with E-state index in [1.807, 2.05) is 48.5 Å². The van der Waals surface area contributed by atoms with Crippen molar-refractivity contribution >= 4 is 108 Å². The average Bonchev–Trinajstić information content (AvgIpc) is 3.49. The number of rotatable bonds is 0. The number of aromatic nitrogens is 4. The summed E-state index contributed by atoms with van der Waals surface area (Å²) < 4.78 is 6.19. The van der Waals surface area contributed by atoms with Crippen molar-refractivity contribution in [3.8, 4) is 0 Å². The van der Waals surface area contributed by atoms with E-state index in [1.54, 1.807) is 8.80 Å². The molecule has 0 aliphatic rings.